The van der Waals surface area contributed by atoms with Gasteiger partial charge in [0.15, 0.2) is 41.2 Å². The molecule has 8 atom stereocenters. The summed E-state index contributed by atoms with van der Waals surface area (Å²) in [5.74, 6) is 2.21. The largest absolute Gasteiger partial charge is 0.454 e. The predicted octanol–water partition coefficient (Wildman–Crippen LogP) is 4.62. The van der Waals surface area contributed by atoms with Crippen molar-refractivity contribution in [3.8, 4) is 23.0 Å². The minimum Gasteiger partial charge on any atom is -0.454 e. The number of aliphatic hydroxyl groups is 2. The first kappa shape index (κ1) is 36.0. The Morgan fingerprint density at radius 2 is 1.21 bits per heavy atom. The molecule has 0 radical (unpaired) electrons. The van der Waals surface area contributed by atoms with Gasteiger partial charge < -0.3 is 57.2 Å². The van der Waals surface area contributed by atoms with Crippen molar-refractivity contribution in [3.05, 3.63) is 97.1 Å². The Kier molecular flexibility index (Phi) is 8.44. The molecule has 3 fully saturated rings. The van der Waals surface area contributed by atoms with Gasteiger partial charge in [-0.2, -0.15) is 0 Å². The first-order valence-electron chi connectivity index (χ1n) is 18.9. The highest BCUT2D eigenvalue weighted by Crippen LogP contribution is 2.52. The second-order valence-electron chi connectivity index (χ2n) is 15.8. The number of aliphatic hydroxyl groups excluding tert-OH is 1. The molecule has 0 unspecified atom stereocenters. The van der Waals surface area contributed by atoms with Crippen LogP contribution in [0.1, 0.15) is 51.3 Å². The smallest absolute Gasteiger partial charge is 0.231 e. The summed E-state index contributed by atoms with van der Waals surface area (Å²) in [4.78, 5) is 16.8. The first-order valence-corrected chi connectivity index (χ1v) is 18.9. The predicted molar refractivity (Wildman–Crippen MR) is 200 cm³/mol. The molecule has 6 aromatic rings. The molecule has 4 aromatic heterocycles. The van der Waals surface area contributed by atoms with Gasteiger partial charge in [0.25, 0.3) is 0 Å². The highest BCUT2D eigenvalue weighted by Gasteiger charge is 2.64. The molecular weight excluding hydrogens is 736 g/mol. The molecule has 16 heteroatoms. The van der Waals surface area contributed by atoms with Crippen LogP contribution < -0.4 is 18.9 Å². The van der Waals surface area contributed by atoms with Gasteiger partial charge in [0, 0.05) is 48.4 Å². The van der Waals surface area contributed by atoms with Gasteiger partial charge in [0.1, 0.15) is 47.4 Å². The van der Waals surface area contributed by atoms with E-state index in [2.05, 4.69) is 26.9 Å². The van der Waals surface area contributed by atoms with Gasteiger partial charge in [-0.05, 0) is 75.2 Å². The number of hydrogen-bond acceptors (Lipinski definition) is 14. The molecule has 16 nitrogen and oxygen atoms in total. The van der Waals surface area contributed by atoms with Gasteiger partial charge in [-0.3, -0.25) is 0 Å². The minimum atomic E-state index is -1.43. The van der Waals surface area contributed by atoms with Crippen LogP contribution in [0.4, 0.5) is 0 Å². The Balaban J connectivity index is 0.000000140. The highest BCUT2D eigenvalue weighted by atomic mass is 16.8. The number of hydrogen-bond donors (Lipinski definition) is 2. The lowest BCUT2D eigenvalue weighted by Gasteiger charge is -2.29. The van der Waals surface area contributed by atoms with E-state index in [9.17, 15) is 10.2 Å². The number of ether oxygens (including phenoxy) is 8. The Hall–Kier alpha value is -5.36. The van der Waals surface area contributed by atoms with Crippen molar-refractivity contribution >= 4 is 22.1 Å². The molecule has 0 bridgehead atoms. The van der Waals surface area contributed by atoms with Crippen LogP contribution in [0.5, 0.6) is 23.0 Å². The van der Waals surface area contributed by atoms with E-state index in [-0.39, 0.29) is 32.0 Å². The third kappa shape index (κ3) is 6.14. The van der Waals surface area contributed by atoms with Crippen molar-refractivity contribution in [2.24, 2.45) is 0 Å². The monoisotopic (exact) mass is 778 g/mol. The zero-order chi connectivity index (χ0) is 39.1. The summed E-state index contributed by atoms with van der Waals surface area (Å²) in [6, 6.07) is 15.5. The second kappa shape index (κ2) is 13.4. The van der Waals surface area contributed by atoms with E-state index in [1.807, 2.05) is 73.1 Å². The number of nitrogens with zero attached hydrogens (tertiary/aromatic N) is 6. The summed E-state index contributed by atoms with van der Waals surface area (Å²) in [5.41, 5.74) is 1.44. The van der Waals surface area contributed by atoms with Crippen LogP contribution in [0, 0.1) is 0 Å². The number of rotatable bonds is 6. The molecule has 0 saturated carbocycles. The van der Waals surface area contributed by atoms with Gasteiger partial charge in [0.2, 0.25) is 13.6 Å². The Labute approximate surface area is 326 Å². The average Bonchev–Trinajstić information content (AvgIpc) is 4.06. The third-order valence-corrected chi connectivity index (χ3v) is 11.5. The lowest BCUT2D eigenvalue weighted by molar-refractivity contribution is -0.209. The van der Waals surface area contributed by atoms with Crippen molar-refractivity contribution in [3.63, 3.8) is 0 Å². The summed E-state index contributed by atoms with van der Waals surface area (Å²) in [7, 11) is 0. The van der Waals surface area contributed by atoms with Crippen molar-refractivity contribution in [1.29, 1.82) is 0 Å². The quantitative estimate of drug-likeness (QED) is 0.240. The van der Waals surface area contributed by atoms with E-state index in [0.717, 1.165) is 39.0 Å². The summed E-state index contributed by atoms with van der Waals surface area (Å²) in [6.45, 7) is 8.02. The van der Waals surface area contributed by atoms with Crippen LogP contribution in [0.15, 0.2) is 86.0 Å². The normalized spacial score (nSPS) is 30.5. The zero-order valence-electron chi connectivity index (χ0n) is 31.7. The fourth-order valence-electron chi connectivity index (χ4n) is 8.57. The third-order valence-electron chi connectivity index (χ3n) is 11.5. The fourth-order valence-corrected chi connectivity index (χ4v) is 8.57. The Morgan fingerprint density at radius 3 is 1.81 bits per heavy atom. The van der Waals surface area contributed by atoms with Gasteiger partial charge in [-0.15, -0.1) is 0 Å². The minimum absolute atomic E-state index is 0.208. The number of benzene rings is 2. The molecule has 0 aliphatic carbocycles. The van der Waals surface area contributed by atoms with E-state index in [4.69, 9.17) is 37.9 Å². The fraction of sp³-hybridized carbons (Fsp3) is 0.415. The van der Waals surface area contributed by atoms with Crippen LogP contribution in [0.2, 0.25) is 0 Å². The Morgan fingerprint density at radius 1 is 0.684 bits per heavy atom. The maximum Gasteiger partial charge on any atom is 0.231 e. The molecule has 2 aromatic carbocycles. The number of fused-ring (bicyclic) bond motifs is 5. The van der Waals surface area contributed by atoms with E-state index >= 15 is 0 Å². The molecule has 0 spiro atoms. The lowest BCUT2D eigenvalue weighted by atomic mass is 9.90. The van der Waals surface area contributed by atoms with E-state index < -0.39 is 35.4 Å². The zero-order valence-corrected chi connectivity index (χ0v) is 31.7. The topological polar surface area (TPSA) is 176 Å². The van der Waals surface area contributed by atoms with Crippen LogP contribution >= 0.6 is 0 Å². The molecule has 11 rings (SSSR count). The highest BCUT2D eigenvalue weighted by molar-refractivity contribution is 5.75. The van der Waals surface area contributed by atoms with Crippen LogP contribution in [0.3, 0.4) is 0 Å². The summed E-state index contributed by atoms with van der Waals surface area (Å²) in [5, 5.41) is 23.5. The lowest BCUT2D eigenvalue weighted by Crippen LogP contribution is -2.45. The maximum absolute atomic E-state index is 10.9. The molecular formula is C41H42N6O10. The Bertz CT molecular complexity index is 2470. The summed E-state index contributed by atoms with van der Waals surface area (Å²) < 4.78 is 50.9. The van der Waals surface area contributed by atoms with E-state index in [0.29, 0.717) is 30.0 Å². The standard InChI is InChI=1S/C22H23N3O5.C19H19N3O5/c1-21(2)29-18-20(25-7-6-14-10-23-11-24-19(14)25)28-17(22(18,3)30-21)9-13-4-5-15-16(8-13)27-12-26-15;1-19(24)15(7-11-2-3-13-14(6-11)26-10-25-13)27-18(16(19)23)22-5-4-12-8-20-9-21-17(12)22/h4-8,10-11,17-18,20H,9,12H2,1-3H3;2-6,8-9,15-16,18,23-24H,7,10H2,1H3/t17-,18+,20-,22-;15-,16+,18-,19-/m11/s1. The van der Waals surface area contributed by atoms with E-state index in [1.54, 1.807) is 36.4 Å². The van der Waals surface area contributed by atoms with Crippen molar-refractivity contribution in [1.82, 2.24) is 29.1 Å². The molecule has 0 amide bonds. The molecule has 2 N–H and O–H groups in total. The maximum atomic E-state index is 10.9. The SMILES string of the molecule is CC1(C)O[C@H]2[C@H](n3ccc4cncnc43)O[C@H](Cc3ccc4c(c3)OCO4)[C@@]2(C)O1.C[C@@]1(O)[C@@H](Cc2ccc3c(c2)OCO3)O[C@@H](n2ccc3cncnc32)[C@@H]1O. The molecule has 57 heavy (non-hydrogen) atoms. The first-order chi connectivity index (χ1) is 27.5. The van der Waals surface area contributed by atoms with Crippen molar-refractivity contribution in [2.45, 2.75) is 94.4 Å². The molecule has 296 valence electrons. The molecule has 5 aliphatic heterocycles. The summed E-state index contributed by atoms with van der Waals surface area (Å²) >= 11 is 0. The van der Waals surface area contributed by atoms with Gasteiger partial charge >= 0.3 is 0 Å². The van der Waals surface area contributed by atoms with Crippen LogP contribution in [-0.2, 0) is 31.8 Å². The second-order valence-corrected chi connectivity index (χ2v) is 15.8. The average molecular weight is 779 g/mol. The van der Waals surface area contributed by atoms with Crippen LogP contribution in [0.25, 0.3) is 22.1 Å². The van der Waals surface area contributed by atoms with Crippen molar-refractivity contribution in [2.75, 3.05) is 13.6 Å². The van der Waals surface area contributed by atoms with Crippen LogP contribution in [-0.4, -0.2) is 94.3 Å². The van der Waals surface area contributed by atoms with E-state index in [1.165, 1.54) is 6.33 Å². The number of aromatic nitrogens is 6. The van der Waals surface area contributed by atoms with Gasteiger partial charge in [-0.1, -0.05) is 12.1 Å². The molecule has 3 saturated heterocycles. The summed E-state index contributed by atoms with van der Waals surface area (Å²) in [6.07, 6.45) is 8.03. The van der Waals surface area contributed by atoms with Gasteiger partial charge in [0.05, 0.1) is 12.2 Å². The molecule has 5 aliphatic rings. The molecule has 9 heterocycles. The van der Waals surface area contributed by atoms with Gasteiger partial charge in [-0.25, -0.2) is 19.9 Å². The van der Waals surface area contributed by atoms with Crippen molar-refractivity contribution < 1.29 is 48.1 Å².